The fraction of sp³-hybridized carbons (Fsp3) is 0.647. The van der Waals surface area contributed by atoms with Crippen molar-refractivity contribution in [3.05, 3.63) is 29.8 Å². The van der Waals surface area contributed by atoms with Gasteiger partial charge in [-0.3, -0.25) is 0 Å². The summed E-state index contributed by atoms with van der Waals surface area (Å²) in [6, 6.07) is 9.47. The van der Waals surface area contributed by atoms with Gasteiger partial charge in [0.1, 0.15) is 5.75 Å². The summed E-state index contributed by atoms with van der Waals surface area (Å²) in [6.07, 6.45) is 4.02. The molecule has 2 rings (SSSR count). The summed E-state index contributed by atoms with van der Waals surface area (Å²) in [5, 5.41) is 3.80. The highest BCUT2D eigenvalue weighted by Gasteiger charge is 2.26. The Morgan fingerprint density at radius 2 is 1.84 bits per heavy atom. The van der Waals surface area contributed by atoms with Gasteiger partial charge in [0.25, 0.3) is 0 Å². The van der Waals surface area contributed by atoms with Crippen molar-refractivity contribution in [2.24, 2.45) is 11.8 Å². The molecule has 19 heavy (non-hydrogen) atoms. The van der Waals surface area contributed by atoms with Crippen LogP contribution in [-0.4, -0.2) is 13.2 Å². The van der Waals surface area contributed by atoms with Gasteiger partial charge in [-0.2, -0.15) is 0 Å². The van der Waals surface area contributed by atoms with E-state index in [0.717, 1.165) is 17.6 Å². The highest BCUT2D eigenvalue weighted by molar-refractivity contribution is 5.28. The summed E-state index contributed by atoms with van der Waals surface area (Å²) >= 11 is 0. The van der Waals surface area contributed by atoms with Gasteiger partial charge in [-0.25, -0.2) is 0 Å². The molecule has 1 aromatic carbocycles. The Morgan fingerprint density at radius 3 is 2.42 bits per heavy atom. The molecule has 0 heterocycles. The molecule has 0 saturated heterocycles. The van der Waals surface area contributed by atoms with E-state index in [0.29, 0.717) is 12.1 Å². The normalized spacial score (nSPS) is 28.9. The van der Waals surface area contributed by atoms with E-state index in [1.165, 1.54) is 24.8 Å². The minimum absolute atomic E-state index is 0.409. The van der Waals surface area contributed by atoms with Crippen LogP contribution in [0.5, 0.6) is 5.75 Å². The number of hydrogen-bond acceptors (Lipinski definition) is 2. The van der Waals surface area contributed by atoms with Crippen molar-refractivity contribution < 1.29 is 4.74 Å². The number of methoxy groups -OCH3 is 1. The minimum Gasteiger partial charge on any atom is -0.497 e. The van der Waals surface area contributed by atoms with Crippen molar-refractivity contribution in [2.45, 2.75) is 52.1 Å². The lowest BCUT2D eigenvalue weighted by molar-refractivity contribution is 0.216. The monoisotopic (exact) mass is 261 g/mol. The van der Waals surface area contributed by atoms with E-state index in [9.17, 15) is 0 Å². The molecule has 1 aliphatic rings. The third-order valence-electron chi connectivity index (χ3n) is 4.51. The predicted molar refractivity (Wildman–Crippen MR) is 80.5 cm³/mol. The number of benzene rings is 1. The molecule has 106 valence electrons. The van der Waals surface area contributed by atoms with Crippen molar-refractivity contribution >= 4 is 0 Å². The molecule has 4 atom stereocenters. The molecule has 0 radical (unpaired) electrons. The van der Waals surface area contributed by atoms with Crippen LogP contribution < -0.4 is 10.1 Å². The smallest absolute Gasteiger partial charge is 0.118 e. The Balaban J connectivity index is 1.94. The van der Waals surface area contributed by atoms with E-state index in [-0.39, 0.29) is 0 Å². The molecule has 0 amide bonds. The molecule has 1 aromatic rings. The SMILES string of the molecule is COc1ccc([C@@H](C)NC2CCC(C)CC2C)cc1. The van der Waals surface area contributed by atoms with Gasteiger partial charge in [0, 0.05) is 12.1 Å². The lowest BCUT2D eigenvalue weighted by Crippen LogP contribution is -2.40. The van der Waals surface area contributed by atoms with Crippen molar-refractivity contribution in [2.75, 3.05) is 7.11 Å². The van der Waals surface area contributed by atoms with Crippen LogP contribution in [0.15, 0.2) is 24.3 Å². The van der Waals surface area contributed by atoms with Gasteiger partial charge in [-0.05, 0) is 55.7 Å². The highest BCUT2D eigenvalue weighted by atomic mass is 16.5. The molecule has 1 aliphatic carbocycles. The first kappa shape index (κ1) is 14.4. The van der Waals surface area contributed by atoms with Crippen LogP contribution in [0.4, 0.5) is 0 Å². The zero-order valence-electron chi connectivity index (χ0n) is 12.6. The maximum Gasteiger partial charge on any atom is 0.118 e. The Bertz CT molecular complexity index is 387. The summed E-state index contributed by atoms with van der Waals surface area (Å²) < 4.78 is 5.21. The molecule has 0 aliphatic heterocycles. The van der Waals surface area contributed by atoms with Gasteiger partial charge in [0.15, 0.2) is 0 Å². The van der Waals surface area contributed by atoms with Gasteiger partial charge in [0.05, 0.1) is 7.11 Å². The minimum atomic E-state index is 0.409. The van der Waals surface area contributed by atoms with Crippen molar-refractivity contribution in [3.63, 3.8) is 0 Å². The topological polar surface area (TPSA) is 21.3 Å². The molecule has 0 aromatic heterocycles. The van der Waals surface area contributed by atoms with E-state index >= 15 is 0 Å². The second-order valence-electron chi connectivity index (χ2n) is 6.16. The second kappa shape index (κ2) is 6.42. The average molecular weight is 261 g/mol. The van der Waals surface area contributed by atoms with E-state index < -0.39 is 0 Å². The first-order valence-corrected chi connectivity index (χ1v) is 7.50. The summed E-state index contributed by atoms with van der Waals surface area (Å²) in [5.41, 5.74) is 1.34. The number of hydrogen-bond donors (Lipinski definition) is 1. The summed E-state index contributed by atoms with van der Waals surface area (Å²) in [6.45, 7) is 7.01. The lowest BCUT2D eigenvalue weighted by atomic mass is 9.79. The number of ether oxygens (including phenoxy) is 1. The van der Waals surface area contributed by atoms with Gasteiger partial charge in [0.2, 0.25) is 0 Å². The summed E-state index contributed by atoms with van der Waals surface area (Å²) in [7, 11) is 1.71. The maximum absolute atomic E-state index is 5.21. The molecule has 0 bridgehead atoms. The van der Waals surface area contributed by atoms with Crippen LogP contribution in [0.25, 0.3) is 0 Å². The zero-order chi connectivity index (χ0) is 13.8. The van der Waals surface area contributed by atoms with Crippen molar-refractivity contribution in [1.82, 2.24) is 5.32 Å². The fourth-order valence-corrected chi connectivity index (χ4v) is 3.22. The molecule has 2 nitrogen and oxygen atoms in total. The Kier molecular flexibility index (Phi) is 4.87. The van der Waals surface area contributed by atoms with Gasteiger partial charge in [-0.15, -0.1) is 0 Å². The van der Waals surface area contributed by atoms with E-state index in [1.807, 2.05) is 12.1 Å². The maximum atomic E-state index is 5.21. The van der Waals surface area contributed by atoms with Crippen molar-refractivity contribution in [1.29, 1.82) is 0 Å². The second-order valence-corrected chi connectivity index (χ2v) is 6.16. The summed E-state index contributed by atoms with van der Waals surface area (Å²) in [4.78, 5) is 0. The van der Waals surface area contributed by atoms with Crippen LogP contribution >= 0.6 is 0 Å². The zero-order valence-corrected chi connectivity index (χ0v) is 12.6. The van der Waals surface area contributed by atoms with Crippen molar-refractivity contribution in [3.8, 4) is 5.75 Å². The van der Waals surface area contributed by atoms with Crippen LogP contribution in [0, 0.1) is 11.8 Å². The number of nitrogens with one attached hydrogen (secondary N) is 1. The van der Waals surface area contributed by atoms with Gasteiger partial charge in [-0.1, -0.05) is 26.0 Å². The van der Waals surface area contributed by atoms with E-state index in [2.05, 4.69) is 38.2 Å². The van der Waals surface area contributed by atoms with Gasteiger partial charge < -0.3 is 10.1 Å². The fourth-order valence-electron chi connectivity index (χ4n) is 3.22. The standard InChI is InChI=1S/C17H27NO/c1-12-5-10-17(13(2)11-12)18-14(3)15-6-8-16(19-4)9-7-15/h6-9,12-14,17-18H,5,10-11H2,1-4H3/t12?,13?,14-,17?/m1/s1. The number of rotatable bonds is 4. The van der Waals surface area contributed by atoms with E-state index in [4.69, 9.17) is 4.74 Å². The molecular weight excluding hydrogens is 234 g/mol. The molecule has 0 spiro atoms. The van der Waals surface area contributed by atoms with Crippen LogP contribution in [0.2, 0.25) is 0 Å². The Labute approximate surface area is 117 Å². The quantitative estimate of drug-likeness (QED) is 0.878. The Hall–Kier alpha value is -1.02. The average Bonchev–Trinajstić information content (AvgIpc) is 2.42. The Morgan fingerprint density at radius 1 is 1.16 bits per heavy atom. The molecule has 3 unspecified atom stereocenters. The van der Waals surface area contributed by atoms with E-state index in [1.54, 1.807) is 7.11 Å². The lowest BCUT2D eigenvalue weighted by Gasteiger charge is -2.35. The van der Waals surface area contributed by atoms with Crippen LogP contribution in [-0.2, 0) is 0 Å². The molecule has 2 heteroatoms. The summed E-state index contributed by atoms with van der Waals surface area (Å²) in [5.74, 6) is 2.60. The third kappa shape index (κ3) is 3.73. The molecule has 1 N–H and O–H groups in total. The third-order valence-corrected chi connectivity index (χ3v) is 4.51. The van der Waals surface area contributed by atoms with Gasteiger partial charge >= 0.3 is 0 Å². The predicted octanol–water partition coefficient (Wildman–Crippen LogP) is 4.17. The molecule has 1 saturated carbocycles. The molecular formula is C17H27NO. The van der Waals surface area contributed by atoms with Crippen LogP contribution in [0.1, 0.15) is 51.6 Å². The molecule has 1 fully saturated rings. The first-order chi connectivity index (χ1) is 9.10. The van der Waals surface area contributed by atoms with Crippen LogP contribution in [0.3, 0.4) is 0 Å². The first-order valence-electron chi connectivity index (χ1n) is 7.50. The highest BCUT2D eigenvalue weighted by Crippen LogP contribution is 2.30. The largest absolute Gasteiger partial charge is 0.497 e.